The fourth-order valence-corrected chi connectivity index (χ4v) is 4.19. The van der Waals surface area contributed by atoms with E-state index in [2.05, 4.69) is 58.2 Å². The van der Waals surface area contributed by atoms with Crippen LogP contribution >= 0.6 is 24.0 Å². The first-order valence-electron chi connectivity index (χ1n) is 11.3. The normalized spacial score (nSPS) is 19.5. The van der Waals surface area contributed by atoms with Crippen LogP contribution in [0.2, 0.25) is 0 Å². The largest absolute Gasteiger partial charge is 0.368 e. The first-order valence-corrected chi connectivity index (χ1v) is 11.3. The van der Waals surface area contributed by atoms with E-state index in [0.29, 0.717) is 6.61 Å². The summed E-state index contributed by atoms with van der Waals surface area (Å²) in [7, 11) is 1.83. The molecule has 0 aromatic heterocycles. The molecular weight excluding hydrogens is 505 g/mol. The molecule has 0 bridgehead atoms. The lowest BCUT2D eigenvalue weighted by molar-refractivity contribution is -0.142. The maximum Gasteiger partial charge on any atom is 0.251 e. The predicted octanol–water partition coefficient (Wildman–Crippen LogP) is 2.55. The zero-order valence-electron chi connectivity index (χ0n) is 19.2. The van der Waals surface area contributed by atoms with Gasteiger partial charge in [-0.3, -0.25) is 14.7 Å². The van der Waals surface area contributed by atoms with E-state index < -0.39 is 0 Å². The average molecular weight is 543 g/mol. The number of aliphatic imine (C=N–C) groups is 1. The van der Waals surface area contributed by atoms with Gasteiger partial charge in [-0.15, -0.1) is 24.0 Å². The maximum atomic E-state index is 12.6. The first-order chi connectivity index (χ1) is 14.7. The molecule has 2 saturated heterocycles. The van der Waals surface area contributed by atoms with Gasteiger partial charge in [-0.2, -0.15) is 0 Å². The van der Waals surface area contributed by atoms with Gasteiger partial charge in [0.05, 0.1) is 0 Å². The van der Waals surface area contributed by atoms with Crippen LogP contribution in [0.5, 0.6) is 0 Å². The number of benzene rings is 1. The summed E-state index contributed by atoms with van der Waals surface area (Å²) < 4.78 is 5.56. The van der Waals surface area contributed by atoms with Crippen LogP contribution in [-0.4, -0.2) is 85.6 Å². The van der Waals surface area contributed by atoms with Gasteiger partial charge < -0.3 is 19.9 Å². The van der Waals surface area contributed by atoms with Crippen molar-refractivity contribution in [2.24, 2.45) is 4.99 Å². The second kappa shape index (κ2) is 13.2. The molecule has 1 unspecified atom stereocenters. The second-order valence-corrected chi connectivity index (χ2v) is 7.94. The van der Waals surface area contributed by atoms with Gasteiger partial charge in [0.1, 0.15) is 6.10 Å². The fraction of sp³-hybridized carbons (Fsp3) is 0.652. The molecule has 0 aliphatic carbocycles. The first kappa shape index (κ1) is 25.9. The van der Waals surface area contributed by atoms with Gasteiger partial charge in [0.2, 0.25) is 0 Å². The van der Waals surface area contributed by atoms with Gasteiger partial charge >= 0.3 is 0 Å². The number of rotatable bonds is 7. The van der Waals surface area contributed by atoms with E-state index >= 15 is 0 Å². The Labute approximate surface area is 204 Å². The average Bonchev–Trinajstić information content (AvgIpc) is 3.33. The lowest BCUT2D eigenvalue weighted by atomic mass is 10.1. The van der Waals surface area contributed by atoms with Crippen molar-refractivity contribution in [3.8, 4) is 0 Å². The zero-order valence-corrected chi connectivity index (χ0v) is 21.5. The summed E-state index contributed by atoms with van der Waals surface area (Å²) >= 11 is 0. The number of nitrogens with one attached hydrogen (secondary N) is 1. The number of guanidine groups is 1. The minimum absolute atomic E-state index is 0. The molecule has 2 aliphatic rings. The molecule has 1 amide bonds. The molecule has 7 nitrogen and oxygen atoms in total. The SMILES string of the molecule is CCN(CC)Cc1ccccc1CNC(=NC)N1CCN(C(=O)C2CCCO2)CC1.I. The van der Waals surface area contributed by atoms with Crippen LogP contribution in [-0.2, 0) is 22.6 Å². The monoisotopic (exact) mass is 543 g/mol. The molecule has 1 N–H and O–H groups in total. The predicted molar refractivity (Wildman–Crippen MR) is 136 cm³/mol. The minimum Gasteiger partial charge on any atom is -0.368 e. The van der Waals surface area contributed by atoms with Crippen molar-refractivity contribution in [1.29, 1.82) is 0 Å². The number of carbonyl (C=O) groups excluding carboxylic acids is 1. The van der Waals surface area contributed by atoms with Crippen LogP contribution in [0.25, 0.3) is 0 Å². The molecule has 1 atom stereocenters. The molecular formula is C23H38IN5O2. The fourth-order valence-electron chi connectivity index (χ4n) is 4.19. The molecule has 8 heteroatoms. The number of hydrogen-bond donors (Lipinski definition) is 1. The number of hydrogen-bond acceptors (Lipinski definition) is 4. The van der Waals surface area contributed by atoms with Crippen LogP contribution in [0.1, 0.15) is 37.8 Å². The number of piperazine rings is 1. The summed E-state index contributed by atoms with van der Waals surface area (Å²) in [5.74, 6) is 1.05. The molecule has 1 aromatic carbocycles. The van der Waals surface area contributed by atoms with E-state index in [-0.39, 0.29) is 36.0 Å². The van der Waals surface area contributed by atoms with Crippen LogP contribution in [0.15, 0.2) is 29.3 Å². The second-order valence-electron chi connectivity index (χ2n) is 7.94. The van der Waals surface area contributed by atoms with Gasteiger partial charge in [-0.25, -0.2) is 0 Å². The van der Waals surface area contributed by atoms with Crippen molar-refractivity contribution < 1.29 is 9.53 Å². The van der Waals surface area contributed by atoms with E-state index in [0.717, 1.165) is 71.2 Å². The van der Waals surface area contributed by atoms with Gasteiger partial charge in [-0.1, -0.05) is 38.1 Å². The van der Waals surface area contributed by atoms with Crippen molar-refractivity contribution in [3.63, 3.8) is 0 Å². The van der Waals surface area contributed by atoms with Crippen molar-refractivity contribution in [2.45, 2.75) is 45.9 Å². The van der Waals surface area contributed by atoms with E-state index in [1.807, 2.05) is 11.9 Å². The number of nitrogens with zero attached hydrogens (tertiary/aromatic N) is 4. The van der Waals surface area contributed by atoms with E-state index in [9.17, 15) is 4.79 Å². The molecule has 174 valence electrons. The quantitative estimate of drug-likeness (QED) is 0.326. The Bertz CT molecular complexity index is 712. The van der Waals surface area contributed by atoms with Crippen molar-refractivity contribution in [1.82, 2.24) is 20.0 Å². The maximum absolute atomic E-state index is 12.6. The number of amides is 1. The molecule has 0 saturated carbocycles. The van der Waals surface area contributed by atoms with E-state index in [4.69, 9.17) is 4.74 Å². The highest BCUT2D eigenvalue weighted by atomic mass is 127. The van der Waals surface area contributed by atoms with Crippen LogP contribution in [0.4, 0.5) is 0 Å². The third-order valence-corrected chi connectivity index (χ3v) is 6.15. The zero-order chi connectivity index (χ0) is 21.3. The van der Waals surface area contributed by atoms with Gasteiger partial charge in [0.15, 0.2) is 5.96 Å². The van der Waals surface area contributed by atoms with Crippen LogP contribution < -0.4 is 5.32 Å². The third-order valence-electron chi connectivity index (χ3n) is 6.15. The molecule has 2 fully saturated rings. The Balaban J connectivity index is 0.00000341. The molecule has 3 rings (SSSR count). The molecule has 0 spiro atoms. The van der Waals surface area contributed by atoms with E-state index in [1.54, 1.807) is 0 Å². The Morgan fingerprint density at radius 3 is 2.35 bits per heavy atom. The number of ether oxygens (including phenoxy) is 1. The molecule has 31 heavy (non-hydrogen) atoms. The van der Waals surface area contributed by atoms with E-state index in [1.165, 1.54) is 11.1 Å². The lowest BCUT2D eigenvalue weighted by Gasteiger charge is -2.37. The topological polar surface area (TPSA) is 60.4 Å². The summed E-state index contributed by atoms with van der Waals surface area (Å²) in [6.45, 7) is 12.0. The Hall–Kier alpha value is -1.39. The summed E-state index contributed by atoms with van der Waals surface area (Å²) in [5.41, 5.74) is 2.66. The summed E-state index contributed by atoms with van der Waals surface area (Å²) in [5, 5.41) is 3.53. The highest BCUT2D eigenvalue weighted by Crippen LogP contribution is 2.16. The molecule has 0 radical (unpaired) electrons. The third kappa shape index (κ3) is 7.05. The van der Waals surface area contributed by atoms with Gasteiger partial charge in [0.25, 0.3) is 5.91 Å². The Morgan fingerprint density at radius 2 is 1.77 bits per heavy atom. The van der Waals surface area contributed by atoms with Gasteiger partial charge in [0, 0.05) is 52.9 Å². The van der Waals surface area contributed by atoms with Crippen molar-refractivity contribution >= 4 is 35.8 Å². The molecule has 1 aromatic rings. The smallest absolute Gasteiger partial charge is 0.251 e. The number of halogens is 1. The van der Waals surface area contributed by atoms with Crippen LogP contribution in [0.3, 0.4) is 0 Å². The summed E-state index contributed by atoms with van der Waals surface area (Å²) in [6.07, 6.45) is 1.62. The molecule has 2 aliphatic heterocycles. The lowest BCUT2D eigenvalue weighted by Crippen LogP contribution is -2.55. The van der Waals surface area contributed by atoms with Gasteiger partial charge in [-0.05, 0) is 37.1 Å². The number of carbonyl (C=O) groups is 1. The van der Waals surface area contributed by atoms with Crippen molar-refractivity contribution in [3.05, 3.63) is 35.4 Å². The minimum atomic E-state index is -0.226. The Morgan fingerprint density at radius 1 is 1.13 bits per heavy atom. The highest BCUT2D eigenvalue weighted by Gasteiger charge is 2.30. The summed E-state index contributed by atoms with van der Waals surface area (Å²) in [6, 6.07) is 8.62. The standard InChI is InChI=1S/C23H37N5O2.HI/c1-4-26(5-2)18-20-10-7-6-9-19(20)17-25-23(24-3)28-14-12-27(13-15-28)22(29)21-11-8-16-30-21;/h6-7,9-10,21H,4-5,8,11-18H2,1-3H3,(H,24,25);1H. The highest BCUT2D eigenvalue weighted by molar-refractivity contribution is 14.0. The Kier molecular flexibility index (Phi) is 11.0. The van der Waals surface area contributed by atoms with Crippen molar-refractivity contribution in [2.75, 3.05) is 52.9 Å². The molecule has 2 heterocycles. The van der Waals surface area contributed by atoms with Crippen LogP contribution in [0, 0.1) is 0 Å². The summed E-state index contributed by atoms with van der Waals surface area (Å²) in [4.78, 5) is 23.7.